The van der Waals surface area contributed by atoms with Gasteiger partial charge in [0, 0.05) is 62.7 Å². The Balaban J connectivity index is 1.48. The molecule has 3 aliphatic rings. The molecule has 2 heterocycles. The SMILES string of the molecule is O=C(CCN1CCSC2CCCCC21)N1CCNCC1. The molecule has 1 N–H and O–H groups in total. The van der Waals surface area contributed by atoms with Gasteiger partial charge in [0.05, 0.1) is 0 Å². The van der Waals surface area contributed by atoms with Gasteiger partial charge in [0.2, 0.25) is 5.91 Å². The summed E-state index contributed by atoms with van der Waals surface area (Å²) in [6, 6.07) is 0.748. The first kappa shape index (κ1) is 14.7. The summed E-state index contributed by atoms with van der Waals surface area (Å²) in [7, 11) is 0. The zero-order valence-corrected chi connectivity index (χ0v) is 13.2. The van der Waals surface area contributed by atoms with Gasteiger partial charge in [-0.2, -0.15) is 11.8 Å². The molecule has 3 fully saturated rings. The average Bonchev–Trinajstić information content (AvgIpc) is 2.53. The minimum atomic E-state index is 0.358. The van der Waals surface area contributed by atoms with Crippen molar-refractivity contribution < 1.29 is 4.79 Å². The lowest BCUT2D eigenvalue weighted by Crippen LogP contribution is -2.51. The molecule has 5 heteroatoms. The average molecular weight is 297 g/mol. The molecule has 2 aliphatic heterocycles. The second kappa shape index (κ2) is 7.14. The van der Waals surface area contributed by atoms with Crippen molar-refractivity contribution in [3.63, 3.8) is 0 Å². The molecule has 0 spiro atoms. The zero-order valence-electron chi connectivity index (χ0n) is 12.4. The van der Waals surface area contributed by atoms with E-state index in [0.717, 1.165) is 44.0 Å². The van der Waals surface area contributed by atoms with Crippen molar-refractivity contribution in [1.82, 2.24) is 15.1 Å². The van der Waals surface area contributed by atoms with E-state index in [0.29, 0.717) is 12.3 Å². The number of fused-ring (bicyclic) bond motifs is 1. The van der Waals surface area contributed by atoms with Gasteiger partial charge in [-0.05, 0) is 12.8 Å². The van der Waals surface area contributed by atoms with Gasteiger partial charge in [0.25, 0.3) is 0 Å². The van der Waals surface area contributed by atoms with Crippen LogP contribution in [0.4, 0.5) is 0 Å². The van der Waals surface area contributed by atoms with Gasteiger partial charge in [-0.3, -0.25) is 9.69 Å². The van der Waals surface area contributed by atoms with Gasteiger partial charge in [0.1, 0.15) is 0 Å². The van der Waals surface area contributed by atoms with Crippen LogP contribution in [-0.2, 0) is 4.79 Å². The first-order valence-electron chi connectivity index (χ1n) is 8.19. The van der Waals surface area contributed by atoms with Crippen LogP contribution in [0.2, 0.25) is 0 Å². The highest BCUT2D eigenvalue weighted by atomic mass is 32.2. The van der Waals surface area contributed by atoms with Crippen LogP contribution in [0.25, 0.3) is 0 Å². The molecule has 3 rings (SSSR count). The van der Waals surface area contributed by atoms with Gasteiger partial charge in [-0.25, -0.2) is 0 Å². The molecule has 1 aliphatic carbocycles. The van der Waals surface area contributed by atoms with E-state index in [1.807, 2.05) is 4.90 Å². The summed E-state index contributed by atoms with van der Waals surface area (Å²) in [5.74, 6) is 1.61. The van der Waals surface area contributed by atoms with Crippen LogP contribution in [0, 0.1) is 0 Å². The number of rotatable bonds is 3. The lowest BCUT2D eigenvalue weighted by atomic mass is 9.93. The van der Waals surface area contributed by atoms with Gasteiger partial charge < -0.3 is 10.2 Å². The van der Waals surface area contributed by atoms with E-state index in [9.17, 15) is 4.79 Å². The topological polar surface area (TPSA) is 35.6 Å². The first-order chi connectivity index (χ1) is 9.84. The molecule has 0 bridgehead atoms. The monoisotopic (exact) mass is 297 g/mol. The second-order valence-electron chi connectivity index (χ2n) is 6.18. The van der Waals surface area contributed by atoms with Crippen molar-refractivity contribution in [1.29, 1.82) is 0 Å². The Morgan fingerprint density at radius 3 is 2.80 bits per heavy atom. The Kier molecular flexibility index (Phi) is 5.24. The number of hydrogen-bond acceptors (Lipinski definition) is 4. The number of amides is 1. The summed E-state index contributed by atoms with van der Waals surface area (Å²) in [5, 5.41) is 4.14. The summed E-state index contributed by atoms with van der Waals surface area (Å²) in [6.07, 6.45) is 6.23. The fourth-order valence-electron chi connectivity index (χ4n) is 3.77. The molecule has 1 amide bonds. The molecule has 2 atom stereocenters. The quantitative estimate of drug-likeness (QED) is 0.848. The summed E-state index contributed by atoms with van der Waals surface area (Å²) in [6.45, 7) is 5.85. The summed E-state index contributed by atoms with van der Waals surface area (Å²) >= 11 is 2.17. The Morgan fingerprint density at radius 2 is 1.95 bits per heavy atom. The smallest absolute Gasteiger partial charge is 0.223 e. The molecule has 20 heavy (non-hydrogen) atoms. The van der Waals surface area contributed by atoms with E-state index < -0.39 is 0 Å². The molecule has 1 saturated carbocycles. The fraction of sp³-hybridized carbons (Fsp3) is 0.933. The highest BCUT2D eigenvalue weighted by molar-refractivity contribution is 8.00. The van der Waals surface area contributed by atoms with E-state index >= 15 is 0 Å². The second-order valence-corrected chi connectivity index (χ2v) is 7.52. The van der Waals surface area contributed by atoms with Gasteiger partial charge in [-0.15, -0.1) is 0 Å². The molecular weight excluding hydrogens is 270 g/mol. The van der Waals surface area contributed by atoms with Crippen LogP contribution < -0.4 is 5.32 Å². The number of piperazine rings is 1. The minimum Gasteiger partial charge on any atom is -0.340 e. The highest BCUT2D eigenvalue weighted by Gasteiger charge is 2.33. The molecule has 0 aromatic rings. The molecule has 2 saturated heterocycles. The maximum absolute atomic E-state index is 12.3. The summed E-state index contributed by atoms with van der Waals surface area (Å²) in [4.78, 5) is 16.9. The summed E-state index contributed by atoms with van der Waals surface area (Å²) < 4.78 is 0. The van der Waals surface area contributed by atoms with Crippen LogP contribution in [-0.4, -0.2) is 72.0 Å². The predicted octanol–water partition coefficient (Wildman–Crippen LogP) is 1.17. The van der Waals surface area contributed by atoms with Gasteiger partial charge in [-0.1, -0.05) is 12.8 Å². The third kappa shape index (κ3) is 3.49. The number of carbonyl (C=O) groups is 1. The van der Waals surface area contributed by atoms with E-state index in [-0.39, 0.29) is 0 Å². The normalized spacial score (nSPS) is 31.9. The Labute approximate surface area is 126 Å². The Morgan fingerprint density at radius 1 is 1.15 bits per heavy atom. The van der Waals surface area contributed by atoms with Crippen molar-refractivity contribution in [2.75, 3.05) is 45.0 Å². The van der Waals surface area contributed by atoms with E-state index in [2.05, 4.69) is 22.0 Å². The van der Waals surface area contributed by atoms with Crippen molar-refractivity contribution in [3.8, 4) is 0 Å². The van der Waals surface area contributed by atoms with E-state index in [4.69, 9.17) is 0 Å². The third-order valence-corrected chi connectivity index (χ3v) is 6.33. The lowest BCUT2D eigenvalue weighted by molar-refractivity contribution is -0.132. The maximum atomic E-state index is 12.3. The Hall–Kier alpha value is -0.260. The first-order valence-corrected chi connectivity index (χ1v) is 9.23. The fourth-order valence-corrected chi connectivity index (χ4v) is 5.27. The van der Waals surface area contributed by atoms with Crippen LogP contribution in [0.15, 0.2) is 0 Å². The standard InChI is InChI=1S/C15H27N3OS/c19-15(18-9-6-16-7-10-18)5-8-17-11-12-20-14-4-2-1-3-13(14)17/h13-14,16H,1-12H2. The number of nitrogens with zero attached hydrogens (tertiary/aromatic N) is 2. The number of hydrogen-bond donors (Lipinski definition) is 1. The van der Waals surface area contributed by atoms with Crippen LogP contribution in [0.3, 0.4) is 0 Å². The third-order valence-electron chi connectivity index (χ3n) is 4.93. The molecule has 114 valence electrons. The van der Waals surface area contributed by atoms with Crippen LogP contribution in [0.5, 0.6) is 0 Å². The molecule has 0 radical (unpaired) electrons. The summed E-state index contributed by atoms with van der Waals surface area (Å²) in [5.41, 5.74) is 0. The molecule has 2 unspecified atom stereocenters. The lowest BCUT2D eigenvalue weighted by Gasteiger charge is -2.43. The highest BCUT2D eigenvalue weighted by Crippen LogP contribution is 2.35. The maximum Gasteiger partial charge on any atom is 0.223 e. The van der Waals surface area contributed by atoms with E-state index in [1.165, 1.54) is 38.0 Å². The molecule has 0 aromatic carbocycles. The number of carbonyl (C=O) groups excluding carboxylic acids is 1. The van der Waals surface area contributed by atoms with Crippen LogP contribution in [0.1, 0.15) is 32.1 Å². The van der Waals surface area contributed by atoms with Crippen molar-refractivity contribution in [2.24, 2.45) is 0 Å². The van der Waals surface area contributed by atoms with Gasteiger partial charge >= 0.3 is 0 Å². The molecule has 0 aromatic heterocycles. The molecular formula is C15H27N3OS. The van der Waals surface area contributed by atoms with Crippen molar-refractivity contribution >= 4 is 17.7 Å². The minimum absolute atomic E-state index is 0.358. The van der Waals surface area contributed by atoms with E-state index in [1.54, 1.807) is 0 Å². The number of nitrogens with one attached hydrogen (secondary N) is 1. The van der Waals surface area contributed by atoms with Crippen molar-refractivity contribution in [2.45, 2.75) is 43.4 Å². The number of thioether (sulfide) groups is 1. The van der Waals surface area contributed by atoms with Crippen molar-refractivity contribution in [3.05, 3.63) is 0 Å². The largest absolute Gasteiger partial charge is 0.340 e. The van der Waals surface area contributed by atoms with Gasteiger partial charge in [0.15, 0.2) is 0 Å². The molecule has 4 nitrogen and oxygen atoms in total. The Bertz CT molecular complexity index is 331. The predicted molar refractivity (Wildman–Crippen MR) is 84.1 cm³/mol. The zero-order chi connectivity index (χ0) is 13.8. The van der Waals surface area contributed by atoms with Crippen LogP contribution >= 0.6 is 11.8 Å².